The zero-order chi connectivity index (χ0) is 12.4. The lowest BCUT2D eigenvalue weighted by atomic mass is 10.1. The largest absolute Gasteiger partial charge is 0.338 e. The van der Waals surface area contributed by atoms with Gasteiger partial charge >= 0.3 is 0 Å². The lowest BCUT2D eigenvalue weighted by Gasteiger charge is -2.31. The van der Waals surface area contributed by atoms with Crippen LogP contribution in [0.5, 0.6) is 0 Å². The standard InChI is InChI=1S/C12H17ClN2OS/c1-8-7-17-11(10(8)13)12(16)15(2)9-3-5-14-6-4-9/h7,9,14H,3-6H2,1-2H3. The maximum atomic E-state index is 12.3. The first kappa shape index (κ1) is 12.9. The molecule has 1 aromatic rings. The van der Waals surface area contributed by atoms with Gasteiger partial charge in [0.15, 0.2) is 0 Å². The molecule has 2 heterocycles. The molecule has 0 aromatic carbocycles. The van der Waals surface area contributed by atoms with E-state index in [-0.39, 0.29) is 5.91 Å². The van der Waals surface area contributed by atoms with Gasteiger partial charge in [0.05, 0.1) is 5.02 Å². The van der Waals surface area contributed by atoms with E-state index in [1.54, 1.807) is 0 Å². The summed E-state index contributed by atoms with van der Waals surface area (Å²) in [5.74, 6) is 0.0556. The summed E-state index contributed by atoms with van der Waals surface area (Å²) in [5, 5.41) is 5.85. The molecular formula is C12H17ClN2OS. The summed E-state index contributed by atoms with van der Waals surface area (Å²) in [7, 11) is 1.88. The Labute approximate surface area is 111 Å². The number of carbonyl (C=O) groups excluding carboxylic acids is 1. The van der Waals surface area contributed by atoms with E-state index in [9.17, 15) is 4.79 Å². The summed E-state index contributed by atoms with van der Waals surface area (Å²) in [6, 6.07) is 0.335. The SMILES string of the molecule is Cc1csc(C(=O)N(C)C2CCNCC2)c1Cl. The maximum absolute atomic E-state index is 12.3. The van der Waals surface area contributed by atoms with Crippen molar-refractivity contribution in [3.63, 3.8) is 0 Å². The number of rotatable bonds is 2. The number of hydrogen-bond donors (Lipinski definition) is 1. The molecule has 0 spiro atoms. The third kappa shape index (κ3) is 2.64. The van der Waals surface area contributed by atoms with Crippen molar-refractivity contribution in [1.29, 1.82) is 0 Å². The molecule has 94 valence electrons. The van der Waals surface area contributed by atoms with Crippen LogP contribution in [0, 0.1) is 6.92 Å². The van der Waals surface area contributed by atoms with Crippen molar-refractivity contribution in [3.05, 3.63) is 20.8 Å². The number of amides is 1. The molecule has 0 unspecified atom stereocenters. The van der Waals surface area contributed by atoms with Crippen molar-refractivity contribution < 1.29 is 4.79 Å². The fourth-order valence-electron chi connectivity index (χ4n) is 2.09. The zero-order valence-corrected chi connectivity index (χ0v) is 11.7. The van der Waals surface area contributed by atoms with E-state index >= 15 is 0 Å². The summed E-state index contributed by atoms with van der Waals surface area (Å²) >= 11 is 7.58. The highest BCUT2D eigenvalue weighted by Crippen LogP contribution is 2.29. The number of halogens is 1. The number of nitrogens with one attached hydrogen (secondary N) is 1. The Morgan fingerprint density at radius 2 is 2.18 bits per heavy atom. The van der Waals surface area contributed by atoms with E-state index in [2.05, 4.69) is 5.32 Å². The van der Waals surface area contributed by atoms with Crippen LogP contribution >= 0.6 is 22.9 Å². The second-order valence-corrected chi connectivity index (χ2v) is 5.72. The summed E-state index contributed by atoms with van der Waals surface area (Å²) in [6.07, 6.45) is 2.04. The van der Waals surface area contributed by atoms with E-state index in [1.165, 1.54) is 11.3 Å². The van der Waals surface area contributed by atoms with Crippen molar-refractivity contribution in [1.82, 2.24) is 10.2 Å². The molecule has 1 N–H and O–H groups in total. The van der Waals surface area contributed by atoms with Crippen LogP contribution in [0.1, 0.15) is 28.1 Å². The van der Waals surface area contributed by atoms with Crippen molar-refractivity contribution >= 4 is 28.8 Å². The van der Waals surface area contributed by atoms with Crippen LogP contribution in [0.3, 0.4) is 0 Å². The Morgan fingerprint density at radius 3 is 2.71 bits per heavy atom. The van der Waals surface area contributed by atoms with Gasteiger partial charge in [0, 0.05) is 13.1 Å². The molecule has 0 bridgehead atoms. The van der Waals surface area contributed by atoms with Gasteiger partial charge in [0.1, 0.15) is 4.88 Å². The normalized spacial score (nSPS) is 17.1. The molecule has 5 heteroatoms. The minimum Gasteiger partial charge on any atom is -0.338 e. The van der Waals surface area contributed by atoms with Crippen LogP contribution in [0.25, 0.3) is 0 Å². The molecule has 17 heavy (non-hydrogen) atoms. The molecule has 2 rings (SSSR count). The van der Waals surface area contributed by atoms with E-state index < -0.39 is 0 Å². The Balaban J connectivity index is 2.11. The van der Waals surface area contributed by atoms with E-state index in [0.717, 1.165) is 31.5 Å². The molecule has 3 nitrogen and oxygen atoms in total. The van der Waals surface area contributed by atoms with Crippen molar-refractivity contribution in [2.45, 2.75) is 25.8 Å². The average molecular weight is 273 g/mol. The van der Waals surface area contributed by atoms with Gasteiger partial charge in [-0.1, -0.05) is 11.6 Å². The highest BCUT2D eigenvalue weighted by molar-refractivity contribution is 7.13. The number of thiophene rings is 1. The molecule has 1 saturated heterocycles. The first-order valence-corrected chi connectivity index (χ1v) is 7.08. The quantitative estimate of drug-likeness (QED) is 0.897. The van der Waals surface area contributed by atoms with E-state index in [0.29, 0.717) is 15.9 Å². The van der Waals surface area contributed by atoms with Crippen LogP contribution < -0.4 is 5.32 Å². The smallest absolute Gasteiger partial charge is 0.265 e. The molecule has 1 fully saturated rings. The van der Waals surface area contributed by atoms with Gasteiger partial charge in [-0.25, -0.2) is 0 Å². The average Bonchev–Trinajstić information content (AvgIpc) is 2.69. The Morgan fingerprint density at radius 1 is 1.53 bits per heavy atom. The molecule has 1 aliphatic rings. The van der Waals surface area contributed by atoms with Gasteiger partial charge < -0.3 is 10.2 Å². The zero-order valence-electron chi connectivity index (χ0n) is 10.1. The Bertz CT molecular complexity index is 413. The van der Waals surface area contributed by atoms with Crippen LogP contribution in [-0.2, 0) is 0 Å². The third-order valence-corrected chi connectivity index (χ3v) is 4.96. The van der Waals surface area contributed by atoms with Crippen LogP contribution in [0.4, 0.5) is 0 Å². The van der Waals surface area contributed by atoms with Gasteiger partial charge in [-0.05, 0) is 43.8 Å². The number of nitrogens with zero attached hydrogens (tertiary/aromatic N) is 1. The Kier molecular flexibility index (Phi) is 4.07. The second kappa shape index (κ2) is 5.38. The monoisotopic (exact) mass is 272 g/mol. The van der Waals surface area contributed by atoms with Crippen LogP contribution in [0.2, 0.25) is 5.02 Å². The molecule has 0 atom stereocenters. The van der Waals surface area contributed by atoms with E-state index in [4.69, 9.17) is 11.6 Å². The fraction of sp³-hybridized carbons (Fsp3) is 0.583. The summed E-state index contributed by atoms with van der Waals surface area (Å²) < 4.78 is 0. The van der Waals surface area contributed by atoms with Crippen molar-refractivity contribution in [2.24, 2.45) is 0 Å². The van der Waals surface area contributed by atoms with Gasteiger partial charge in [0.25, 0.3) is 5.91 Å². The molecule has 1 aliphatic heterocycles. The highest BCUT2D eigenvalue weighted by atomic mass is 35.5. The van der Waals surface area contributed by atoms with Gasteiger partial charge in [-0.2, -0.15) is 0 Å². The number of piperidine rings is 1. The fourth-order valence-corrected chi connectivity index (χ4v) is 3.35. The van der Waals surface area contributed by atoms with E-state index in [1.807, 2.05) is 24.3 Å². The van der Waals surface area contributed by atoms with Crippen molar-refractivity contribution in [3.8, 4) is 0 Å². The number of aryl methyl sites for hydroxylation is 1. The molecule has 1 aromatic heterocycles. The molecule has 0 aliphatic carbocycles. The molecule has 0 radical (unpaired) electrons. The van der Waals surface area contributed by atoms with Gasteiger partial charge in [-0.3, -0.25) is 4.79 Å². The second-order valence-electron chi connectivity index (χ2n) is 4.46. The summed E-state index contributed by atoms with van der Waals surface area (Å²) in [5.41, 5.74) is 0.985. The lowest BCUT2D eigenvalue weighted by Crippen LogP contribution is -2.43. The summed E-state index contributed by atoms with van der Waals surface area (Å²) in [6.45, 7) is 3.90. The third-order valence-electron chi connectivity index (χ3n) is 3.27. The van der Waals surface area contributed by atoms with Crippen LogP contribution in [0.15, 0.2) is 5.38 Å². The topological polar surface area (TPSA) is 32.3 Å². The summed E-state index contributed by atoms with van der Waals surface area (Å²) in [4.78, 5) is 14.8. The van der Waals surface area contributed by atoms with Crippen molar-refractivity contribution in [2.75, 3.05) is 20.1 Å². The number of carbonyl (C=O) groups is 1. The minimum absolute atomic E-state index is 0.0556. The lowest BCUT2D eigenvalue weighted by molar-refractivity contribution is 0.0708. The molecule has 1 amide bonds. The highest BCUT2D eigenvalue weighted by Gasteiger charge is 2.25. The predicted molar refractivity (Wildman–Crippen MR) is 72.1 cm³/mol. The van der Waals surface area contributed by atoms with Gasteiger partial charge in [0.2, 0.25) is 0 Å². The van der Waals surface area contributed by atoms with Crippen LogP contribution in [-0.4, -0.2) is 37.0 Å². The maximum Gasteiger partial charge on any atom is 0.265 e. The Hall–Kier alpha value is -0.580. The van der Waals surface area contributed by atoms with Gasteiger partial charge in [-0.15, -0.1) is 11.3 Å². The predicted octanol–water partition coefficient (Wildman–Crippen LogP) is 2.53. The minimum atomic E-state index is 0.0556. The first-order chi connectivity index (χ1) is 8.11. The molecular weight excluding hydrogens is 256 g/mol. The first-order valence-electron chi connectivity index (χ1n) is 5.82. The molecule has 0 saturated carbocycles. The number of hydrogen-bond acceptors (Lipinski definition) is 3.